The third kappa shape index (κ3) is 5.71. The Bertz CT molecular complexity index is 675. The summed E-state index contributed by atoms with van der Waals surface area (Å²) >= 11 is 3.35. The summed E-state index contributed by atoms with van der Waals surface area (Å²) in [7, 11) is 0. The first kappa shape index (κ1) is 18.2. The normalized spacial score (nSPS) is 15.9. The Balaban J connectivity index is 1.39. The van der Waals surface area contributed by atoms with Gasteiger partial charge in [0, 0.05) is 12.7 Å². The lowest BCUT2D eigenvalue weighted by Crippen LogP contribution is -2.28. The molecule has 0 saturated heterocycles. The summed E-state index contributed by atoms with van der Waals surface area (Å²) in [6, 6.07) is 3.49. The highest BCUT2D eigenvalue weighted by Gasteiger charge is 2.14. The van der Waals surface area contributed by atoms with Gasteiger partial charge in [-0.1, -0.05) is 25.7 Å². The number of hydrogen-bond acceptors (Lipinski definition) is 4. The summed E-state index contributed by atoms with van der Waals surface area (Å²) in [6.45, 7) is 1.53. The number of nitrogens with one attached hydrogen (secondary N) is 1. The van der Waals surface area contributed by atoms with Crippen molar-refractivity contribution in [3.05, 3.63) is 40.5 Å². The molecule has 0 radical (unpaired) electrons. The van der Waals surface area contributed by atoms with Crippen LogP contribution in [0.3, 0.4) is 0 Å². The fourth-order valence-electron chi connectivity index (χ4n) is 3.06. The second-order valence-electron chi connectivity index (χ2n) is 6.36. The van der Waals surface area contributed by atoms with Crippen molar-refractivity contribution in [2.75, 3.05) is 13.2 Å². The Hall–Kier alpha value is -1.60. The molecule has 0 unspecified atom stereocenters. The lowest BCUT2D eigenvalue weighted by atomic mass is 10.1. The van der Waals surface area contributed by atoms with Gasteiger partial charge in [0.1, 0.15) is 5.76 Å². The van der Waals surface area contributed by atoms with Crippen molar-refractivity contribution in [3.8, 4) is 0 Å². The van der Waals surface area contributed by atoms with Crippen molar-refractivity contribution in [2.45, 2.75) is 51.2 Å². The Morgan fingerprint density at radius 1 is 1.32 bits per heavy atom. The largest absolute Gasteiger partial charge is 0.454 e. The fraction of sp³-hybridized carbons (Fsp3) is 0.556. The smallest absolute Gasteiger partial charge is 0.287 e. The van der Waals surface area contributed by atoms with Crippen LogP contribution >= 0.6 is 15.9 Å². The van der Waals surface area contributed by atoms with Crippen LogP contribution in [0.4, 0.5) is 0 Å². The van der Waals surface area contributed by atoms with Crippen LogP contribution in [0.25, 0.3) is 0 Å². The van der Waals surface area contributed by atoms with Gasteiger partial charge in [0.25, 0.3) is 5.91 Å². The van der Waals surface area contributed by atoms with Crippen LogP contribution in [0, 0.1) is 0 Å². The standard InChI is InChI=1S/C18H24BrN3O3/c19-14-11-21-22(12-14)13-16-7-8-17(25-16)18(23)20-9-10-24-15-5-3-1-2-4-6-15/h7-8,11-12,15H,1-6,9-10,13H2,(H,20,23). The van der Waals surface area contributed by atoms with E-state index in [0.717, 1.165) is 17.3 Å². The van der Waals surface area contributed by atoms with E-state index in [9.17, 15) is 4.79 Å². The van der Waals surface area contributed by atoms with Crippen molar-refractivity contribution in [1.82, 2.24) is 15.1 Å². The first-order valence-corrected chi connectivity index (χ1v) is 9.66. The second kappa shape index (κ2) is 9.20. The van der Waals surface area contributed by atoms with Crippen molar-refractivity contribution >= 4 is 21.8 Å². The number of ether oxygens (including phenoxy) is 1. The molecule has 1 fully saturated rings. The molecule has 1 aliphatic rings. The van der Waals surface area contributed by atoms with E-state index >= 15 is 0 Å². The monoisotopic (exact) mass is 409 g/mol. The van der Waals surface area contributed by atoms with Gasteiger partial charge >= 0.3 is 0 Å². The van der Waals surface area contributed by atoms with Crippen molar-refractivity contribution in [1.29, 1.82) is 0 Å². The Labute approximate surface area is 156 Å². The van der Waals surface area contributed by atoms with Crippen molar-refractivity contribution in [2.24, 2.45) is 0 Å². The molecule has 1 aliphatic carbocycles. The van der Waals surface area contributed by atoms with E-state index in [2.05, 4.69) is 26.3 Å². The number of aromatic nitrogens is 2. The van der Waals surface area contributed by atoms with Gasteiger partial charge in [-0.25, -0.2) is 0 Å². The molecule has 1 N–H and O–H groups in total. The molecule has 1 saturated carbocycles. The van der Waals surface area contributed by atoms with Crippen molar-refractivity contribution in [3.63, 3.8) is 0 Å². The number of carbonyl (C=O) groups excluding carboxylic acids is 1. The van der Waals surface area contributed by atoms with Gasteiger partial charge in [-0.3, -0.25) is 9.48 Å². The maximum absolute atomic E-state index is 12.1. The topological polar surface area (TPSA) is 69.3 Å². The summed E-state index contributed by atoms with van der Waals surface area (Å²) in [4.78, 5) is 12.1. The fourth-order valence-corrected chi connectivity index (χ4v) is 3.38. The predicted octanol–water partition coefficient (Wildman–Crippen LogP) is 3.76. The van der Waals surface area contributed by atoms with E-state index in [1.165, 1.54) is 25.7 Å². The van der Waals surface area contributed by atoms with Crippen molar-refractivity contribution < 1.29 is 13.9 Å². The minimum atomic E-state index is -0.211. The molecule has 2 heterocycles. The van der Waals surface area contributed by atoms with Crippen LogP contribution in [0.5, 0.6) is 0 Å². The Morgan fingerprint density at radius 2 is 2.12 bits per heavy atom. The zero-order valence-electron chi connectivity index (χ0n) is 14.2. The summed E-state index contributed by atoms with van der Waals surface area (Å²) < 4.78 is 14.1. The number of halogens is 1. The van der Waals surface area contributed by atoms with E-state index in [-0.39, 0.29) is 5.91 Å². The SMILES string of the molecule is O=C(NCCOC1CCCCCC1)c1ccc(Cn2cc(Br)cn2)o1. The molecular formula is C18H24BrN3O3. The minimum absolute atomic E-state index is 0.211. The molecule has 2 aromatic rings. The lowest BCUT2D eigenvalue weighted by molar-refractivity contribution is 0.0439. The third-order valence-electron chi connectivity index (χ3n) is 4.35. The summed E-state index contributed by atoms with van der Waals surface area (Å²) in [5.41, 5.74) is 0. The van der Waals surface area contributed by atoms with Gasteiger partial charge in [0.15, 0.2) is 5.76 Å². The molecule has 2 aromatic heterocycles. The van der Waals surface area contributed by atoms with E-state index in [0.29, 0.717) is 37.3 Å². The number of amides is 1. The average Bonchev–Trinajstić information content (AvgIpc) is 3.14. The number of carbonyl (C=O) groups is 1. The number of nitrogens with zero attached hydrogens (tertiary/aromatic N) is 2. The average molecular weight is 410 g/mol. The van der Waals surface area contributed by atoms with Gasteiger partial charge in [-0.2, -0.15) is 5.10 Å². The molecule has 1 amide bonds. The zero-order chi connectivity index (χ0) is 17.5. The third-order valence-corrected chi connectivity index (χ3v) is 4.76. The second-order valence-corrected chi connectivity index (χ2v) is 7.28. The number of rotatable bonds is 7. The van der Waals surface area contributed by atoms with Crippen LogP contribution in [-0.4, -0.2) is 34.9 Å². The van der Waals surface area contributed by atoms with Crippen LogP contribution in [0.1, 0.15) is 54.8 Å². The van der Waals surface area contributed by atoms with Gasteiger partial charge in [-0.05, 0) is 40.9 Å². The molecule has 0 bridgehead atoms. The lowest BCUT2D eigenvalue weighted by Gasteiger charge is -2.15. The van der Waals surface area contributed by atoms with E-state index in [4.69, 9.17) is 9.15 Å². The molecular weight excluding hydrogens is 386 g/mol. The summed E-state index contributed by atoms with van der Waals surface area (Å²) in [6.07, 6.45) is 11.3. The van der Waals surface area contributed by atoms with Crippen LogP contribution in [-0.2, 0) is 11.3 Å². The van der Waals surface area contributed by atoms with E-state index in [1.807, 2.05) is 6.20 Å². The van der Waals surface area contributed by atoms with Gasteiger partial charge in [0.2, 0.25) is 0 Å². The van der Waals surface area contributed by atoms with Gasteiger partial charge < -0.3 is 14.5 Å². The molecule has 3 rings (SSSR count). The molecule has 136 valence electrons. The van der Waals surface area contributed by atoms with Crippen LogP contribution in [0.2, 0.25) is 0 Å². The predicted molar refractivity (Wildman–Crippen MR) is 97.5 cm³/mol. The molecule has 0 spiro atoms. The van der Waals surface area contributed by atoms with E-state index < -0.39 is 0 Å². The summed E-state index contributed by atoms with van der Waals surface area (Å²) in [5, 5.41) is 7.02. The molecule has 0 aromatic carbocycles. The van der Waals surface area contributed by atoms with Crippen LogP contribution in [0.15, 0.2) is 33.4 Å². The maximum Gasteiger partial charge on any atom is 0.287 e. The Kier molecular flexibility index (Phi) is 6.69. The van der Waals surface area contributed by atoms with Gasteiger partial charge in [-0.15, -0.1) is 0 Å². The molecule has 0 aliphatic heterocycles. The highest BCUT2D eigenvalue weighted by Crippen LogP contribution is 2.19. The minimum Gasteiger partial charge on any atom is -0.454 e. The highest BCUT2D eigenvalue weighted by atomic mass is 79.9. The summed E-state index contributed by atoms with van der Waals surface area (Å²) in [5.74, 6) is 0.795. The quantitative estimate of drug-likeness (QED) is 0.558. The number of furan rings is 1. The number of hydrogen-bond donors (Lipinski definition) is 1. The molecule has 6 nitrogen and oxygen atoms in total. The Morgan fingerprint density at radius 3 is 2.84 bits per heavy atom. The first-order chi connectivity index (χ1) is 12.2. The van der Waals surface area contributed by atoms with E-state index in [1.54, 1.807) is 23.0 Å². The van der Waals surface area contributed by atoms with Gasteiger partial charge in [0.05, 0.1) is 29.9 Å². The highest BCUT2D eigenvalue weighted by molar-refractivity contribution is 9.10. The first-order valence-electron chi connectivity index (χ1n) is 8.87. The molecule has 0 atom stereocenters. The maximum atomic E-state index is 12.1. The zero-order valence-corrected chi connectivity index (χ0v) is 15.8. The van der Waals surface area contributed by atoms with Crippen LogP contribution < -0.4 is 5.32 Å². The molecule has 7 heteroatoms. The molecule has 25 heavy (non-hydrogen) atoms.